The fourth-order valence-electron chi connectivity index (χ4n) is 3.61. The lowest BCUT2D eigenvalue weighted by Crippen LogP contribution is -2.42. The quantitative estimate of drug-likeness (QED) is 0.586. The van der Waals surface area contributed by atoms with Crippen molar-refractivity contribution in [2.24, 2.45) is 0 Å². The molecule has 7 heteroatoms. The molecule has 1 fully saturated rings. The second kappa shape index (κ2) is 10.1. The van der Waals surface area contributed by atoms with Gasteiger partial charge in [0, 0.05) is 6.54 Å². The first kappa shape index (κ1) is 22.3. The molecule has 0 spiro atoms. The van der Waals surface area contributed by atoms with E-state index >= 15 is 0 Å². The molecule has 2 aromatic rings. The molecule has 1 unspecified atom stereocenters. The summed E-state index contributed by atoms with van der Waals surface area (Å²) in [7, 11) is -3.90. The van der Waals surface area contributed by atoms with Gasteiger partial charge in [-0.1, -0.05) is 42.5 Å². The Morgan fingerprint density at radius 2 is 1.83 bits per heavy atom. The number of ether oxygens (including phenoxy) is 1. The lowest BCUT2D eigenvalue weighted by molar-refractivity contribution is 0.132. The van der Waals surface area contributed by atoms with Crippen molar-refractivity contribution in [3.8, 4) is 5.75 Å². The van der Waals surface area contributed by atoms with Crippen LogP contribution in [-0.4, -0.2) is 57.3 Å². The SMILES string of the molecule is C=CCOc1ccccc1N(CC(O)CN1CCCC1)S(=O)(=O)c1ccc(C)cc1. The Labute approximate surface area is 179 Å². The molecule has 0 aromatic heterocycles. The molecule has 162 valence electrons. The molecule has 0 bridgehead atoms. The van der Waals surface area contributed by atoms with E-state index in [4.69, 9.17) is 4.74 Å². The van der Waals surface area contributed by atoms with Crippen LogP contribution in [0, 0.1) is 6.92 Å². The summed E-state index contributed by atoms with van der Waals surface area (Å²) in [5.74, 6) is 0.432. The van der Waals surface area contributed by atoms with Gasteiger partial charge < -0.3 is 14.7 Å². The van der Waals surface area contributed by atoms with Crippen LogP contribution in [0.4, 0.5) is 5.69 Å². The number of nitrogens with zero attached hydrogens (tertiary/aromatic N) is 2. The number of aliphatic hydroxyl groups is 1. The van der Waals surface area contributed by atoms with E-state index in [9.17, 15) is 13.5 Å². The Kier molecular flexibility index (Phi) is 7.53. The van der Waals surface area contributed by atoms with E-state index in [0.29, 0.717) is 18.0 Å². The van der Waals surface area contributed by atoms with Crippen LogP contribution in [0.1, 0.15) is 18.4 Å². The van der Waals surface area contributed by atoms with Crippen molar-refractivity contribution in [1.29, 1.82) is 0 Å². The molecule has 1 atom stereocenters. The highest BCUT2D eigenvalue weighted by Crippen LogP contribution is 2.33. The van der Waals surface area contributed by atoms with Crippen LogP contribution in [0.2, 0.25) is 0 Å². The minimum Gasteiger partial charge on any atom is -0.487 e. The summed E-state index contributed by atoms with van der Waals surface area (Å²) in [6, 6.07) is 13.7. The molecular weight excluding hydrogens is 400 g/mol. The fourth-order valence-corrected chi connectivity index (χ4v) is 5.12. The first-order valence-corrected chi connectivity index (χ1v) is 11.7. The number of aryl methyl sites for hydroxylation is 1. The molecule has 1 N–H and O–H groups in total. The second-order valence-electron chi connectivity index (χ2n) is 7.58. The van der Waals surface area contributed by atoms with Crippen LogP contribution in [0.15, 0.2) is 66.1 Å². The zero-order valence-corrected chi connectivity index (χ0v) is 18.2. The first-order valence-electron chi connectivity index (χ1n) is 10.2. The van der Waals surface area contributed by atoms with Crippen molar-refractivity contribution >= 4 is 15.7 Å². The van der Waals surface area contributed by atoms with Crippen LogP contribution in [0.5, 0.6) is 5.75 Å². The lowest BCUT2D eigenvalue weighted by Gasteiger charge is -2.29. The average molecular weight is 431 g/mol. The van der Waals surface area contributed by atoms with Gasteiger partial charge in [0.25, 0.3) is 10.0 Å². The van der Waals surface area contributed by atoms with Crippen molar-refractivity contribution < 1.29 is 18.3 Å². The predicted molar refractivity (Wildman–Crippen MR) is 120 cm³/mol. The standard InChI is InChI=1S/C23H30N2O4S/c1-3-16-29-23-9-5-4-8-22(23)25(18-20(26)17-24-14-6-7-15-24)30(27,28)21-12-10-19(2)11-13-21/h3-5,8-13,20,26H,1,6-7,14-18H2,2H3. The minimum absolute atomic E-state index is 0.0544. The number of anilines is 1. The van der Waals surface area contributed by atoms with Gasteiger partial charge in [0.1, 0.15) is 12.4 Å². The molecule has 0 aliphatic carbocycles. The highest BCUT2D eigenvalue weighted by molar-refractivity contribution is 7.92. The Morgan fingerprint density at radius 3 is 2.50 bits per heavy atom. The van der Waals surface area contributed by atoms with Crippen molar-refractivity contribution in [3.05, 3.63) is 66.7 Å². The van der Waals surface area contributed by atoms with Crippen LogP contribution in [0.25, 0.3) is 0 Å². The lowest BCUT2D eigenvalue weighted by atomic mass is 10.2. The van der Waals surface area contributed by atoms with Gasteiger partial charge in [0.2, 0.25) is 0 Å². The molecule has 2 aromatic carbocycles. The average Bonchev–Trinajstić information content (AvgIpc) is 3.24. The van der Waals surface area contributed by atoms with Gasteiger partial charge in [0.05, 0.1) is 23.2 Å². The number of para-hydroxylation sites is 2. The number of benzene rings is 2. The summed E-state index contributed by atoms with van der Waals surface area (Å²) in [5.41, 5.74) is 1.38. The Morgan fingerprint density at radius 1 is 1.17 bits per heavy atom. The molecule has 0 saturated carbocycles. The van der Waals surface area contributed by atoms with Crippen molar-refractivity contribution in [2.45, 2.75) is 30.8 Å². The maximum atomic E-state index is 13.6. The number of hydrogen-bond acceptors (Lipinski definition) is 5. The van der Waals surface area contributed by atoms with Crippen molar-refractivity contribution in [1.82, 2.24) is 4.90 Å². The zero-order valence-electron chi connectivity index (χ0n) is 17.4. The molecule has 3 rings (SSSR count). The molecule has 30 heavy (non-hydrogen) atoms. The maximum absolute atomic E-state index is 13.6. The second-order valence-corrected chi connectivity index (χ2v) is 9.44. The Hall–Kier alpha value is -2.35. The summed E-state index contributed by atoms with van der Waals surface area (Å²) >= 11 is 0. The van der Waals surface area contributed by atoms with Crippen LogP contribution in [-0.2, 0) is 10.0 Å². The summed E-state index contributed by atoms with van der Waals surface area (Å²) in [4.78, 5) is 2.35. The molecule has 6 nitrogen and oxygen atoms in total. The molecular formula is C23H30N2O4S. The summed E-state index contributed by atoms with van der Waals surface area (Å²) < 4.78 is 34.1. The van der Waals surface area contributed by atoms with Gasteiger partial charge in [0.15, 0.2) is 0 Å². The first-order chi connectivity index (χ1) is 14.4. The van der Waals surface area contributed by atoms with Gasteiger partial charge in [-0.3, -0.25) is 4.31 Å². The number of likely N-dealkylation sites (tertiary alicyclic amines) is 1. The Balaban J connectivity index is 1.96. The minimum atomic E-state index is -3.90. The molecule has 1 saturated heterocycles. The molecule has 1 aliphatic rings. The van der Waals surface area contributed by atoms with E-state index in [1.165, 1.54) is 4.31 Å². The van der Waals surface area contributed by atoms with Crippen LogP contribution >= 0.6 is 0 Å². The highest BCUT2D eigenvalue weighted by Gasteiger charge is 2.30. The number of β-amino-alcohol motifs (C(OH)–C–C–N with tert-alkyl or cyclic N) is 1. The van der Waals surface area contributed by atoms with Crippen molar-refractivity contribution in [3.63, 3.8) is 0 Å². The molecule has 1 aliphatic heterocycles. The predicted octanol–water partition coefficient (Wildman–Crippen LogP) is 3.21. The van der Waals surface area contributed by atoms with E-state index in [1.54, 1.807) is 54.6 Å². The third-order valence-corrected chi connectivity index (χ3v) is 6.94. The maximum Gasteiger partial charge on any atom is 0.264 e. The van der Waals surface area contributed by atoms with Gasteiger partial charge in [-0.15, -0.1) is 0 Å². The molecule has 0 radical (unpaired) electrons. The van der Waals surface area contributed by atoms with E-state index < -0.39 is 16.1 Å². The van der Waals surface area contributed by atoms with Gasteiger partial charge >= 0.3 is 0 Å². The number of sulfonamides is 1. The van der Waals surface area contributed by atoms with Crippen molar-refractivity contribution in [2.75, 3.05) is 37.1 Å². The highest BCUT2D eigenvalue weighted by atomic mass is 32.2. The van der Waals surface area contributed by atoms with E-state index in [1.807, 2.05) is 6.92 Å². The third kappa shape index (κ3) is 5.41. The summed E-state index contributed by atoms with van der Waals surface area (Å²) in [6.07, 6.45) is 3.00. The summed E-state index contributed by atoms with van der Waals surface area (Å²) in [5, 5.41) is 10.8. The number of aliphatic hydroxyl groups excluding tert-OH is 1. The van der Waals surface area contributed by atoms with Gasteiger partial charge in [-0.2, -0.15) is 0 Å². The van der Waals surface area contributed by atoms with E-state index in [0.717, 1.165) is 31.5 Å². The normalized spacial score (nSPS) is 15.7. The van der Waals surface area contributed by atoms with E-state index in [-0.39, 0.29) is 18.0 Å². The fraction of sp³-hybridized carbons (Fsp3) is 0.391. The van der Waals surface area contributed by atoms with Gasteiger partial charge in [-0.05, 0) is 57.1 Å². The van der Waals surface area contributed by atoms with Crippen LogP contribution in [0.3, 0.4) is 0 Å². The van der Waals surface area contributed by atoms with Crippen LogP contribution < -0.4 is 9.04 Å². The Bertz CT molecular complexity index is 938. The van der Waals surface area contributed by atoms with Gasteiger partial charge in [-0.25, -0.2) is 8.42 Å². The third-order valence-electron chi connectivity index (χ3n) is 5.14. The van der Waals surface area contributed by atoms with E-state index in [2.05, 4.69) is 11.5 Å². The molecule has 0 amide bonds. The topological polar surface area (TPSA) is 70.1 Å². The molecule has 1 heterocycles. The zero-order chi connectivity index (χ0) is 21.6. The smallest absolute Gasteiger partial charge is 0.264 e. The largest absolute Gasteiger partial charge is 0.487 e. The number of hydrogen-bond donors (Lipinski definition) is 1. The summed E-state index contributed by atoms with van der Waals surface area (Å²) in [6.45, 7) is 8.07. The monoisotopic (exact) mass is 430 g/mol. The number of rotatable bonds is 10.